The Labute approximate surface area is 178 Å². The van der Waals surface area contributed by atoms with Crippen molar-refractivity contribution in [3.63, 3.8) is 0 Å². The van der Waals surface area contributed by atoms with E-state index in [2.05, 4.69) is 5.32 Å². The Balaban J connectivity index is 1.77. The summed E-state index contributed by atoms with van der Waals surface area (Å²) in [6.45, 7) is 5.83. The first-order valence-electron chi connectivity index (χ1n) is 9.69. The summed E-state index contributed by atoms with van der Waals surface area (Å²) in [5.41, 5.74) is 4.36. The molecule has 1 N–H and O–H groups in total. The number of carbonyl (C=O) groups excluding carboxylic acids is 3. The molecular weight excluding hydrogens is 397 g/mol. The van der Waals surface area contributed by atoms with E-state index in [0.717, 1.165) is 33.6 Å². The summed E-state index contributed by atoms with van der Waals surface area (Å²) in [6.07, 6.45) is 1.46. The van der Waals surface area contributed by atoms with Crippen molar-refractivity contribution in [3.8, 4) is 5.69 Å². The Morgan fingerprint density at radius 2 is 1.61 bits per heavy atom. The van der Waals surface area contributed by atoms with E-state index in [0.29, 0.717) is 5.56 Å². The molecule has 156 valence electrons. The monoisotopic (exact) mass is 417 g/mol. The van der Waals surface area contributed by atoms with E-state index in [-0.39, 0.29) is 11.3 Å². The predicted octanol–water partition coefficient (Wildman–Crippen LogP) is 4.21. The van der Waals surface area contributed by atoms with Gasteiger partial charge in [0.1, 0.15) is 11.4 Å². The molecule has 7 heteroatoms. The Morgan fingerprint density at radius 1 is 0.903 bits per heavy atom. The summed E-state index contributed by atoms with van der Waals surface area (Å²) in [5, 5.41) is 2.16. The molecule has 1 aliphatic heterocycles. The van der Waals surface area contributed by atoms with Crippen LogP contribution in [0.1, 0.15) is 22.5 Å². The third-order valence-corrected chi connectivity index (χ3v) is 5.20. The molecule has 0 atom stereocenters. The maximum absolute atomic E-state index is 13.6. The van der Waals surface area contributed by atoms with Gasteiger partial charge < -0.3 is 4.57 Å². The van der Waals surface area contributed by atoms with E-state index in [1.165, 1.54) is 24.3 Å². The summed E-state index contributed by atoms with van der Waals surface area (Å²) in [4.78, 5) is 38.5. The molecule has 0 unspecified atom stereocenters. The van der Waals surface area contributed by atoms with Crippen molar-refractivity contribution in [1.29, 1.82) is 0 Å². The molecule has 1 saturated heterocycles. The van der Waals surface area contributed by atoms with Gasteiger partial charge >= 0.3 is 6.03 Å². The number of halogens is 1. The van der Waals surface area contributed by atoms with Crippen LogP contribution in [0.3, 0.4) is 0 Å². The van der Waals surface area contributed by atoms with Crippen molar-refractivity contribution in [1.82, 2.24) is 9.88 Å². The summed E-state index contributed by atoms with van der Waals surface area (Å²) >= 11 is 0. The Bertz CT molecular complexity index is 1270. The average molecular weight is 417 g/mol. The van der Waals surface area contributed by atoms with E-state index in [4.69, 9.17) is 0 Å². The zero-order chi connectivity index (χ0) is 22.3. The second kappa shape index (κ2) is 7.68. The van der Waals surface area contributed by atoms with Crippen molar-refractivity contribution < 1.29 is 18.8 Å². The number of urea groups is 1. The van der Waals surface area contributed by atoms with Crippen LogP contribution in [0.15, 0.2) is 60.2 Å². The van der Waals surface area contributed by atoms with Gasteiger partial charge in [0.2, 0.25) is 0 Å². The molecular formula is C24H20FN3O3. The van der Waals surface area contributed by atoms with Crippen molar-refractivity contribution in [2.45, 2.75) is 20.8 Å². The van der Waals surface area contributed by atoms with Gasteiger partial charge in [0.05, 0.1) is 5.69 Å². The number of rotatable bonds is 3. The van der Waals surface area contributed by atoms with E-state index < -0.39 is 23.7 Å². The van der Waals surface area contributed by atoms with Gasteiger partial charge in [-0.05, 0) is 74.4 Å². The van der Waals surface area contributed by atoms with Gasteiger partial charge in [0.15, 0.2) is 0 Å². The van der Waals surface area contributed by atoms with Crippen molar-refractivity contribution >= 4 is 29.6 Å². The summed E-state index contributed by atoms with van der Waals surface area (Å²) in [5.74, 6) is -2.19. The van der Waals surface area contributed by atoms with E-state index in [1.54, 1.807) is 0 Å². The topological polar surface area (TPSA) is 71.4 Å². The zero-order valence-electron chi connectivity index (χ0n) is 17.3. The van der Waals surface area contributed by atoms with Crippen LogP contribution in [0.4, 0.5) is 14.9 Å². The van der Waals surface area contributed by atoms with E-state index in [1.807, 2.05) is 55.7 Å². The molecule has 1 fully saturated rings. The minimum absolute atomic E-state index is 0.0473. The van der Waals surface area contributed by atoms with Gasteiger partial charge in [0.25, 0.3) is 11.8 Å². The number of imide groups is 2. The number of carbonyl (C=O) groups is 3. The highest BCUT2D eigenvalue weighted by Gasteiger charge is 2.37. The molecule has 31 heavy (non-hydrogen) atoms. The molecule has 4 rings (SSSR count). The molecule has 0 spiro atoms. The minimum Gasteiger partial charge on any atom is -0.318 e. The second-order valence-corrected chi connectivity index (χ2v) is 7.44. The van der Waals surface area contributed by atoms with Gasteiger partial charge in [-0.1, -0.05) is 18.2 Å². The number of aromatic nitrogens is 1. The molecule has 4 amide bonds. The summed E-state index contributed by atoms with van der Waals surface area (Å²) in [7, 11) is 0. The van der Waals surface area contributed by atoms with Crippen LogP contribution in [-0.2, 0) is 9.59 Å². The maximum Gasteiger partial charge on any atom is 0.335 e. The summed E-state index contributed by atoms with van der Waals surface area (Å²) in [6, 6.07) is 14.0. The Hall–Kier alpha value is -4.00. The molecule has 2 aromatic carbocycles. The molecule has 1 aromatic heterocycles. The van der Waals surface area contributed by atoms with Crippen LogP contribution < -0.4 is 10.2 Å². The number of hydrogen-bond acceptors (Lipinski definition) is 3. The predicted molar refractivity (Wildman–Crippen MR) is 115 cm³/mol. The lowest BCUT2D eigenvalue weighted by molar-refractivity contribution is -0.122. The lowest BCUT2D eigenvalue weighted by Crippen LogP contribution is -2.54. The highest BCUT2D eigenvalue weighted by atomic mass is 19.1. The molecule has 0 aliphatic carbocycles. The fourth-order valence-electron chi connectivity index (χ4n) is 3.76. The second-order valence-electron chi connectivity index (χ2n) is 7.44. The lowest BCUT2D eigenvalue weighted by Gasteiger charge is -2.26. The third kappa shape index (κ3) is 3.66. The van der Waals surface area contributed by atoms with Crippen molar-refractivity contribution in [3.05, 3.63) is 88.5 Å². The number of benzene rings is 2. The van der Waals surface area contributed by atoms with Crippen molar-refractivity contribution in [2.24, 2.45) is 0 Å². The number of nitrogens with zero attached hydrogens (tertiary/aromatic N) is 2. The highest BCUT2D eigenvalue weighted by Crippen LogP contribution is 2.26. The number of aryl methyl sites for hydroxylation is 2. The highest BCUT2D eigenvalue weighted by molar-refractivity contribution is 6.39. The van der Waals surface area contributed by atoms with Gasteiger partial charge in [0, 0.05) is 17.1 Å². The molecule has 0 saturated carbocycles. The molecule has 0 bridgehead atoms. The number of nitrogens with one attached hydrogen (secondary N) is 1. The van der Waals surface area contributed by atoms with Gasteiger partial charge in [-0.15, -0.1) is 0 Å². The molecule has 2 heterocycles. The SMILES string of the molecule is Cc1cccc(-n2c(C)cc(/C=C3\C(=O)NC(=O)N(c4cccc(F)c4)C3=O)c2C)c1. The van der Waals surface area contributed by atoms with Crippen LogP contribution in [0.5, 0.6) is 0 Å². The third-order valence-electron chi connectivity index (χ3n) is 5.20. The minimum atomic E-state index is -0.914. The zero-order valence-corrected chi connectivity index (χ0v) is 17.3. The van der Waals surface area contributed by atoms with Crippen LogP contribution in [0.25, 0.3) is 11.8 Å². The van der Waals surface area contributed by atoms with Crippen LogP contribution in [-0.4, -0.2) is 22.4 Å². The number of hydrogen-bond donors (Lipinski definition) is 1. The molecule has 0 radical (unpaired) electrons. The first-order chi connectivity index (χ1) is 14.8. The lowest BCUT2D eigenvalue weighted by atomic mass is 10.1. The van der Waals surface area contributed by atoms with E-state index >= 15 is 0 Å². The Morgan fingerprint density at radius 3 is 2.32 bits per heavy atom. The van der Waals surface area contributed by atoms with Crippen LogP contribution >= 0.6 is 0 Å². The van der Waals surface area contributed by atoms with Crippen LogP contribution in [0.2, 0.25) is 0 Å². The molecule has 6 nitrogen and oxygen atoms in total. The number of barbiturate groups is 1. The van der Waals surface area contributed by atoms with Crippen molar-refractivity contribution in [2.75, 3.05) is 4.90 Å². The van der Waals surface area contributed by atoms with Crippen LogP contribution in [0, 0.1) is 26.6 Å². The fourth-order valence-corrected chi connectivity index (χ4v) is 3.76. The first kappa shape index (κ1) is 20.3. The molecule has 1 aliphatic rings. The average Bonchev–Trinajstić information content (AvgIpc) is 2.98. The number of anilines is 1. The Kier molecular flexibility index (Phi) is 5.02. The number of amides is 4. The maximum atomic E-state index is 13.6. The smallest absolute Gasteiger partial charge is 0.318 e. The quantitative estimate of drug-likeness (QED) is 0.513. The van der Waals surface area contributed by atoms with E-state index in [9.17, 15) is 18.8 Å². The standard InChI is InChI=1S/C24H20FN3O3/c1-14-6-4-8-19(10-14)27-15(2)11-17(16(27)3)12-21-22(29)26-24(31)28(23(21)30)20-9-5-7-18(25)13-20/h4-13H,1-3H3,(H,26,29,31)/b21-12+. The fraction of sp³-hybridized carbons (Fsp3) is 0.125. The molecule has 3 aromatic rings. The first-order valence-corrected chi connectivity index (χ1v) is 9.69. The summed E-state index contributed by atoms with van der Waals surface area (Å²) < 4.78 is 15.7. The van der Waals surface area contributed by atoms with Gasteiger partial charge in [-0.2, -0.15) is 0 Å². The largest absolute Gasteiger partial charge is 0.335 e. The normalized spacial score (nSPS) is 15.5. The van der Waals surface area contributed by atoms with Gasteiger partial charge in [-0.3, -0.25) is 14.9 Å². The van der Waals surface area contributed by atoms with Gasteiger partial charge in [-0.25, -0.2) is 14.1 Å².